The molecular formula is C21H16FN3OS. The lowest BCUT2D eigenvalue weighted by Crippen LogP contribution is -2.01. The average Bonchev–Trinajstić information content (AvgIpc) is 2.71. The molecule has 0 saturated carbocycles. The van der Waals surface area contributed by atoms with Crippen molar-refractivity contribution >= 4 is 33.5 Å². The van der Waals surface area contributed by atoms with Crippen molar-refractivity contribution in [2.24, 2.45) is 0 Å². The van der Waals surface area contributed by atoms with Crippen LogP contribution in [-0.4, -0.2) is 20.8 Å². The van der Waals surface area contributed by atoms with Crippen molar-refractivity contribution in [3.05, 3.63) is 78.9 Å². The number of nitrogens with zero attached hydrogens (tertiary/aromatic N) is 2. The maximum Gasteiger partial charge on any atom is 0.173 e. The topological polar surface area (TPSA) is 60.9 Å². The van der Waals surface area contributed by atoms with Gasteiger partial charge in [0.15, 0.2) is 10.7 Å². The van der Waals surface area contributed by atoms with Crippen molar-refractivity contribution in [3.8, 4) is 11.3 Å². The molecule has 0 aliphatic heterocycles. The Kier molecular flexibility index (Phi) is 4.75. The Morgan fingerprint density at radius 3 is 2.37 bits per heavy atom. The van der Waals surface area contributed by atoms with E-state index in [0.29, 0.717) is 27.0 Å². The molecule has 6 heteroatoms. The van der Waals surface area contributed by atoms with E-state index in [1.807, 2.05) is 24.3 Å². The molecule has 1 atom stereocenters. The monoisotopic (exact) mass is 377 g/mol. The van der Waals surface area contributed by atoms with Crippen LogP contribution in [0.2, 0.25) is 0 Å². The zero-order valence-electron chi connectivity index (χ0n) is 14.5. The van der Waals surface area contributed by atoms with Gasteiger partial charge in [-0.15, -0.1) is 0 Å². The van der Waals surface area contributed by atoms with E-state index in [2.05, 4.69) is 15.3 Å². The van der Waals surface area contributed by atoms with Gasteiger partial charge in [-0.3, -0.25) is 4.98 Å². The van der Waals surface area contributed by atoms with Crippen LogP contribution in [0, 0.1) is 5.82 Å². The summed E-state index contributed by atoms with van der Waals surface area (Å²) in [6.45, 7) is 0. The maximum atomic E-state index is 15.4. The summed E-state index contributed by atoms with van der Waals surface area (Å²) < 4.78 is 27.0. The standard InChI is InChI=1S/C21H16FN3OS/c1-27(26)16-8-6-14(7-9-16)20-19(22)21(24-15-10-12-23-13-11-15)17-4-2-3-5-18(17)25-20/h2-13H,1H3,(H,23,24,25). The van der Waals surface area contributed by atoms with Gasteiger partial charge >= 0.3 is 0 Å². The molecule has 2 aromatic heterocycles. The van der Waals surface area contributed by atoms with E-state index in [1.54, 1.807) is 55.0 Å². The molecule has 134 valence electrons. The van der Waals surface area contributed by atoms with E-state index in [4.69, 9.17) is 0 Å². The van der Waals surface area contributed by atoms with Gasteiger partial charge in [0.1, 0.15) is 11.9 Å². The Balaban J connectivity index is 1.87. The van der Waals surface area contributed by atoms with E-state index in [1.165, 1.54) is 0 Å². The summed E-state index contributed by atoms with van der Waals surface area (Å²) in [5, 5.41) is 3.85. The number of anilines is 2. The van der Waals surface area contributed by atoms with Gasteiger partial charge in [0.2, 0.25) is 0 Å². The van der Waals surface area contributed by atoms with Gasteiger partial charge < -0.3 is 9.87 Å². The minimum atomic E-state index is -1.08. The molecular weight excluding hydrogens is 361 g/mol. The Bertz CT molecular complexity index is 1090. The normalized spacial score (nSPS) is 12.1. The minimum absolute atomic E-state index is 0.249. The molecule has 1 unspecified atom stereocenters. The number of halogens is 1. The van der Waals surface area contributed by atoms with Crippen LogP contribution in [0.5, 0.6) is 0 Å². The van der Waals surface area contributed by atoms with Gasteiger partial charge in [0, 0.05) is 29.0 Å². The van der Waals surface area contributed by atoms with Crippen LogP contribution in [0.1, 0.15) is 0 Å². The van der Waals surface area contributed by atoms with Gasteiger partial charge in [-0.2, -0.15) is 0 Å². The Labute approximate surface area is 159 Å². The zero-order valence-corrected chi connectivity index (χ0v) is 15.3. The molecule has 4 rings (SSSR count). The highest BCUT2D eigenvalue weighted by Crippen LogP contribution is 2.34. The second kappa shape index (κ2) is 7.34. The zero-order chi connectivity index (χ0) is 18.8. The molecule has 4 aromatic rings. The lowest BCUT2D eigenvalue weighted by Gasteiger charge is -2.14. The SMILES string of the molecule is C[S+]([O-])c1ccc(-c2nc3ccccc3c(Nc3ccncc3)c2F)cc1. The summed E-state index contributed by atoms with van der Waals surface area (Å²) in [5.41, 5.74) is 2.67. The van der Waals surface area contributed by atoms with Gasteiger partial charge in [-0.1, -0.05) is 18.2 Å². The number of benzene rings is 2. The molecule has 2 heterocycles. The van der Waals surface area contributed by atoms with E-state index >= 15 is 4.39 Å². The quantitative estimate of drug-likeness (QED) is 0.513. The largest absolute Gasteiger partial charge is 0.612 e. The molecule has 0 radical (unpaired) electrons. The highest BCUT2D eigenvalue weighted by atomic mass is 32.2. The fourth-order valence-corrected chi connectivity index (χ4v) is 3.41. The van der Waals surface area contributed by atoms with Crippen LogP contribution in [-0.2, 0) is 11.2 Å². The second-order valence-electron chi connectivity index (χ2n) is 6.01. The van der Waals surface area contributed by atoms with Crippen LogP contribution < -0.4 is 5.32 Å². The summed E-state index contributed by atoms with van der Waals surface area (Å²) in [5.74, 6) is -0.434. The first kappa shape index (κ1) is 17.5. The van der Waals surface area contributed by atoms with Crippen molar-refractivity contribution in [2.75, 3.05) is 11.6 Å². The number of pyridine rings is 2. The Hall–Kier alpha value is -2.96. The van der Waals surface area contributed by atoms with Crippen molar-refractivity contribution in [1.29, 1.82) is 0 Å². The molecule has 0 spiro atoms. The van der Waals surface area contributed by atoms with Gasteiger partial charge in [-0.25, -0.2) is 9.37 Å². The van der Waals surface area contributed by atoms with Crippen LogP contribution in [0.25, 0.3) is 22.2 Å². The second-order valence-corrected chi connectivity index (χ2v) is 7.39. The number of aromatic nitrogens is 2. The predicted octanol–water partition coefficient (Wildman–Crippen LogP) is 4.92. The molecule has 0 bridgehead atoms. The lowest BCUT2D eigenvalue weighted by atomic mass is 10.1. The number of hydrogen-bond acceptors (Lipinski definition) is 4. The molecule has 4 nitrogen and oxygen atoms in total. The molecule has 0 fully saturated rings. The molecule has 0 amide bonds. The number of rotatable bonds is 4. The highest BCUT2D eigenvalue weighted by Gasteiger charge is 2.17. The number of fused-ring (bicyclic) bond motifs is 1. The number of hydrogen-bond donors (Lipinski definition) is 1. The van der Waals surface area contributed by atoms with E-state index in [9.17, 15) is 4.55 Å². The van der Waals surface area contributed by atoms with E-state index < -0.39 is 17.0 Å². The van der Waals surface area contributed by atoms with Crippen molar-refractivity contribution in [2.45, 2.75) is 4.90 Å². The van der Waals surface area contributed by atoms with Crippen molar-refractivity contribution in [3.63, 3.8) is 0 Å². The van der Waals surface area contributed by atoms with Crippen LogP contribution in [0.15, 0.2) is 78.0 Å². The summed E-state index contributed by atoms with van der Waals surface area (Å²) in [6, 6.07) is 17.9. The van der Waals surface area contributed by atoms with Gasteiger partial charge in [0.25, 0.3) is 0 Å². The first-order valence-electron chi connectivity index (χ1n) is 8.32. The molecule has 0 aliphatic rings. The maximum absolute atomic E-state index is 15.4. The summed E-state index contributed by atoms with van der Waals surface area (Å²) in [6.07, 6.45) is 4.91. The van der Waals surface area contributed by atoms with E-state index in [-0.39, 0.29) is 5.69 Å². The Morgan fingerprint density at radius 1 is 0.963 bits per heavy atom. The van der Waals surface area contributed by atoms with Crippen molar-refractivity contribution in [1.82, 2.24) is 9.97 Å². The molecule has 1 N–H and O–H groups in total. The van der Waals surface area contributed by atoms with Crippen LogP contribution >= 0.6 is 0 Å². The highest BCUT2D eigenvalue weighted by molar-refractivity contribution is 7.90. The van der Waals surface area contributed by atoms with Crippen LogP contribution in [0.4, 0.5) is 15.8 Å². The summed E-state index contributed by atoms with van der Waals surface area (Å²) in [7, 11) is 0. The third kappa shape index (κ3) is 3.49. The summed E-state index contributed by atoms with van der Waals surface area (Å²) >= 11 is -1.08. The average molecular weight is 377 g/mol. The first-order chi connectivity index (χ1) is 13.1. The van der Waals surface area contributed by atoms with Gasteiger partial charge in [-0.05, 0) is 53.6 Å². The lowest BCUT2D eigenvalue weighted by molar-refractivity contribution is 0.601. The fourth-order valence-electron chi connectivity index (χ4n) is 2.89. The Morgan fingerprint density at radius 2 is 1.67 bits per heavy atom. The smallest absolute Gasteiger partial charge is 0.173 e. The minimum Gasteiger partial charge on any atom is -0.612 e. The molecule has 0 aliphatic carbocycles. The van der Waals surface area contributed by atoms with Crippen molar-refractivity contribution < 1.29 is 8.94 Å². The first-order valence-corrected chi connectivity index (χ1v) is 9.88. The predicted molar refractivity (Wildman–Crippen MR) is 107 cm³/mol. The molecule has 2 aromatic carbocycles. The molecule has 0 saturated heterocycles. The fraction of sp³-hybridized carbons (Fsp3) is 0.0476. The number of para-hydroxylation sites is 1. The van der Waals surface area contributed by atoms with Crippen LogP contribution in [0.3, 0.4) is 0 Å². The summed E-state index contributed by atoms with van der Waals surface area (Å²) in [4.78, 5) is 9.20. The number of nitrogens with one attached hydrogen (secondary N) is 1. The van der Waals surface area contributed by atoms with Gasteiger partial charge in [0.05, 0.1) is 11.2 Å². The third-order valence-electron chi connectivity index (χ3n) is 4.24. The molecule has 27 heavy (non-hydrogen) atoms. The van der Waals surface area contributed by atoms with E-state index in [0.717, 1.165) is 5.69 Å². The third-order valence-corrected chi connectivity index (χ3v) is 5.18.